The van der Waals surface area contributed by atoms with Crippen molar-refractivity contribution in [1.82, 2.24) is 4.90 Å². The number of carbonyl (C=O) groups is 2. The van der Waals surface area contributed by atoms with Gasteiger partial charge in [0.25, 0.3) is 11.8 Å². The van der Waals surface area contributed by atoms with E-state index in [9.17, 15) is 9.59 Å². The second-order valence-electron chi connectivity index (χ2n) is 10.5. The minimum atomic E-state index is -0.245. The maximum atomic E-state index is 12.9. The van der Waals surface area contributed by atoms with Gasteiger partial charge in [0.1, 0.15) is 11.5 Å². The van der Waals surface area contributed by atoms with Crippen LogP contribution in [-0.2, 0) is 6.54 Å². The Morgan fingerprint density at radius 1 is 0.579 bits per heavy atom. The van der Waals surface area contributed by atoms with E-state index in [2.05, 4.69) is 13.8 Å². The lowest BCUT2D eigenvalue weighted by Crippen LogP contribution is -2.29. The van der Waals surface area contributed by atoms with E-state index < -0.39 is 0 Å². The van der Waals surface area contributed by atoms with Crippen LogP contribution in [0.15, 0.2) is 42.5 Å². The lowest BCUT2D eigenvalue weighted by Gasteiger charge is -2.17. The molecule has 0 bridgehead atoms. The highest BCUT2D eigenvalue weighted by molar-refractivity contribution is 6.21. The molecule has 0 saturated carbocycles. The first-order chi connectivity index (χ1) is 18.6. The summed E-state index contributed by atoms with van der Waals surface area (Å²) in [6, 6.07) is 12.8. The maximum absolute atomic E-state index is 12.9. The Morgan fingerprint density at radius 2 is 1.00 bits per heavy atom. The summed E-state index contributed by atoms with van der Waals surface area (Å²) in [6.07, 6.45) is 17.2. The zero-order valence-electron chi connectivity index (χ0n) is 23.6. The van der Waals surface area contributed by atoms with E-state index in [1.165, 1.54) is 81.9 Å². The van der Waals surface area contributed by atoms with Crippen molar-refractivity contribution in [2.24, 2.45) is 0 Å². The highest BCUT2D eigenvalue weighted by Crippen LogP contribution is 2.28. The van der Waals surface area contributed by atoms with Crippen LogP contribution >= 0.6 is 0 Å². The highest BCUT2D eigenvalue weighted by Gasteiger charge is 2.35. The summed E-state index contributed by atoms with van der Waals surface area (Å²) in [6.45, 7) is 5.99. The number of imide groups is 1. The van der Waals surface area contributed by atoms with Gasteiger partial charge in [0, 0.05) is 6.07 Å². The lowest BCUT2D eigenvalue weighted by molar-refractivity contribution is 0.0642. The number of nitrogens with zero attached hydrogens (tertiary/aromatic N) is 1. The van der Waals surface area contributed by atoms with Gasteiger partial charge in [-0.3, -0.25) is 14.5 Å². The smallest absolute Gasteiger partial charge is 0.261 e. The van der Waals surface area contributed by atoms with Crippen LogP contribution in [0.4, 0.5) is 0 Å². The maximum Gasteiger partial charge on any atom is 0.261 e. The molecule has 2 aromatic carbocycles. The molecule has 3 rings (SSSR count). The molecule has 0 aliphatic carbocycles. The fourth-order valence-corrected chi connectivity index (χ4v) is 4.95. The molecule has 0 radical (unpaired) electrons. The van der Waals surface area contributed by atoms with Gasteiger partial charge in [-0.25, -0.2) is 0 Å². The molecule has 2 amide bonds. The summed E-state index contributed by atoms with van der Waals surface area (Å²) in [5, 5.41) is 0. The molecule has 0 saturated heterocycles. The number of hydrogen-bond acceptors (Lipinski definition) is 4. The molecule has 38 heavy (non-hydrogen) atoms. The number of ether oxygens (including phenoxy) is 2. The Labute approximate surface area is 229 Å². The van der Waals surface area contributed by atoms with Crippen molar-refractivity contribution >= 4 is 11.8 Å². The lowest BCUT2D eigenvalue weighted by atomic mass is 10.1. The van der Waals surface area contributed by atoms with Gasteiger partial charge in [-0.05, 0) is 42.7 Å². The van der Waals surface area contributed by atoms with E-state index in [1.54, 1.807) is 24.3 Å². The van der Waals surface area contributed by atoms with Crippen molar-refractivity contribution in [3.63, 3.8) is 0 Å². The van der Waals surface area contributed by atoms with Crippen molar-refractivity contribution in [1.29, 1.82) is 0 Å². The SMILES string of the molecule is CCCCCCCCCOc1cc(CN2C(=O)c3ccccc3C2=O)cc(OCCCCCCCCC)c1. The van der Waals surface area contributed by atoms with Crippen LogP contribution in [0, 0.1) is 0 Å². The second kappa shape index (κ2) is 16.9. The summed E-state index contributed by atoms with van der Waals surface area (Å²) in [4.78, 5) is 27.1. The summed E-state index contributed by atoms with van der Waals surface area (Å²) >= 11 is 0. The van der Waals surface area contributed by atoms with Crippen LogP contribution in [-0.4, -0.2) is 29.9 Å². The minimum absolute atomic E-state index is 0.203. The van der Waals surface area contributed by atoms with Crippen molar-refractivity contribution < 1.29 is 19.1 Å². The van der Waals surface area contributed by atoms with E-state index in [1.807, 2.05) is 18.2 Å². The molecule has 0 unspecified atom stereocenters. The Morgan fingerprint density at radius 3 is 1.45 bits per heavy atom. The van der Waals surface area contributed by atoms with Crippen LogP contribution in [0.3, 0.4) is 0 Å². The van der Waals surface area contributed by atoms with E-state index in [0.717, 1.165) is 29.9 Å². The zero-order chi connectivity index (χ0) is 27.0. The summed E-state index contributed by atoms with van der Waals surface area (Å²) < 4.78 is 12.2. The van der Waals surface area contributed by atoms with Gasteiger partial charge in [-0.1, -0.05) is 103 Å². The van der Waals surface area contributed by atoms with E-state index in [4.69, 9.17) is 9.47 Å². The third-order valence-electron chi connectivity index (χ3n) is 7.19. The van der Waals surface area contributed by atoms with Gasteiger partial charge >= 0.3 is 0 Å². The molecule has 0 fully saturated rings. The molecule has 5 heteroatoms. The molecule has 1 aliphatic rings. The van der Waals surface area contributed by atoms with Crippen molar-refractivity contribution in [2.45, 2.75) is 110 Å². The number of hydrogen-bond donors (Lipinski definition) is 0. The van der Waals surface area contributed by atoms with Gasteiger partial charge in [0.2, 0.25) is 0 Å². The molecule has 5 nitrogen and oxygen atoms in total. The van der Waals surface area contributed by atoms with Gasteiger partial charge in [-0.15, -0.1) is 0 Å². The number of carbonyl (C=O) groups excluding carboxylic acids is 2. The van der Waals surface area contributed by atoms with Crippen molar-refractivity contribution in [2.75, 3.05) is 13.2 Å². The number of rotatable bonds is 20. The Kier molecular flexibility index (Phi) is 13.2. The molecule has 0 N–H and O–H groups in total. The fourth-order valence-electron chi connectivity index (χ4n) is 4.95. The third kappa shape index (κ3) is 9.49. The van der Waals surface area contributed by atoms with Crippen molar-refractivity contribution in [3.05, 3.63) is 59.2 Å². The third-order valence-corrected chi connectivity index (χ3v) is 7.19. The zero-order valence-corrected chi connectivity index (χ0v) is 23.6. The van der Waals surface area contributed by atoms with Crippen LogP contribution in [0.1, 0.15) is 130 Å². The number of unbranched alkanes of at least 4 members (excludes halogenated alkanes) is 12. The Hall–Kier alpha value is -2.82. The number of fused-ring (bicyclic) bond motifs is 1. The van der Waals surface area contributed by atoms with Gasteiger partial charge in [-0.2, -0.15) is 0 Å². The molecule has 0 aromatic heterocycles. The predicted molar refractivity (Wildman–Crippen MR) is 154 cm³/mol. The van der Waals surface area contributed by atoms with Crippen LogP contribution in [0.25, 0.3) is 0 Å². The monoisotopic (exact) mass is 521 g/mol. The first-order valence-electron chi connectivity index (χ1n) is 15.0. The van der Waals surface area contributed by atoms with Crippen molar-refractivity contribution in [3.8, 4) is 11.5 Å². The van der Waals surface area contributed by atoms with Gasteiger partial charge in [0.15, 0.2) is 0 Å². The first-order valence-corrected chi connectivity index (χ1v) is 15.0. The fraction of sp³-hybridized carbons (Fsp3) is 0.576. The first kappa shape index (κ1) is 29.7. The van der Waals surface area contributed by atoms with Crippen LogP contribution in [0.2, 0.25) is 0 Å². The van der Waals surface area contributed by atoms with Crippen LogP contribution < -0.4 is 9.47 Å². The van der Waals surface area contributed by atoms with Gasteiger partial charge < -0.3 is 9.47 Å². The molecule has 1 aliphatic heterocycles. The normalized spacial score (nSPS) is 12.7. The average Bonchev–Trinajstić information content (AvgIpc) is 3.16. The molecule has 208 valence electrons. The Bertz CT molecular complexity index is 929. The van der Waals surface area contributed by atoms with Gasteiger partial charge in [0.05, 0.1) is 30.9 Å². The predicted octanol–water partition coefficient (Wildman–Crippen LogP) is 8.74. The Balaban J connectivity index is 1.56. The summed E-state index contributed by atoms with van der Waals surface area (Å²) in [7, 11) is 0. The second-order valence-corrected chi connectivity index (χ2v) is 10.5. The summed E-state index contributed by atoms with van der Waals surface area (Å²) in [5.74, 6) is 0.982. The molecule has 1 heterocycles. The van der Waals surface area contributed by atoms with Crippen LogP contribution in [0.5, 0.6) is 11.5 Å². The summed E-state index contributed by atoms with van der Waals surface area (Å²) in [5.41, 5.74) is 1.78. The number of amides is 2. The molecule has 2 aromatic rings. The highest BCUT2D eigenvalue weighted by atomic mass is 16.5. The average molecular weight is 522 g/mol. The quantitative estimate of drug-likeness (QED) is 0.129. The largest absolute Gasteiger partial charge is 0.493 e. The standard InChI is InChI=1S/C33H47NO4/c1-3-5-7-9-11-13-17-21-37-28-23-27(24-29(25-28)38-22-18-14-12-10-8-6-4-2)26-34-32(35)30-19-15-16-20-31(30)33(34)36/h15-16,19-20,23-25H,3-14,17-18,21-22,26H2,1-2H3. The minimum Gasteiger partial charge on any atom is -0.493 e. The molecular formula is C33H47NO4. The number of benzene rings is 2. The van der Waals surface area contributed by atoms with E-state index in [0.29, 0.717) is 24.3 Å². The van der Waals surface area contributed by atoms with E-state index >= 15 is 0 Å². The topological polar surface area (TPSA) is 55.8 Å². The molecule has 0 atom stereocenters. The molecule has 0 spiro atoms. The van der Waals surface area contributed by atoms with E-state index in [-0.39, 0.29) is 18.4 Å². The molecular weight excluding hydrogens is 474 g/mol.